The molecule has 2 aromatic rings. The summed E-state index contributed by atoms with van der Waals surface area (Å²) in [6.07, 6.45) is 0.447. The Bertz CT molecular complexity index is 937. The second-order valence-electron chi connectivity index (χ2n) is 7.15. The standard InChI is InChI=1S/C20H21FN4O2/c1-12-8-9-13(10-15(12)21)22-19(27)23-16-7-5-4-6-14(16)17-11-20(2,3)18(26)25-24-17/h4-10H,11H2,1-3H3,(H,25,26)(H2,22,23,27). The highest BCUT2D eigenvalue weighted by atomic mass is 19.1. The summed E-state index contributed by atoms with van der Waals surface area (Å²) in [6, 6.07) is 11.2. The Morgan fingerprint density at radius 3 is 2.63 bits per heavy atom. The molecule has 0 aromatic heterocycles. The van der Waals surface area contributed by atoms with Crippen molar-refractivity contribution < 1.29 is 14.0 Å². The molecule has 3 amide bonds. The molecule has 0 atom stereocenters. The van der Waals surface area contributed by atoms with E-state index in [2.05, 4.69) is 21.2 Å². The first kappa shape index (κ1) is 18.6. The molecular weight excluding hydrogens is 347 g/mol. The molecule has 0 aliphatic carbocycles. The van der Waals surface area contributed by atoms with Crippen molar-refractivity contribution in [3.05, 3.63) is 59.4 Å². The van der Waals surface area contributed by atoms with Gasteiger partial charge < -0.3 is 10.6 Å². The molecule has 0 spiro atoms. The molecule has 0 fully saturated rings. The van der Waals surface area contributed by atoms with Crippen LogP contribution in [-0.4, -0.2) is 17.6 Å². The lowest BCUT2D eigenvalue weighted by atomic mass is 9.83. The molecule has 1 aliphatic heterocycles. The Hall–Kier alpha value is -3.22. The predicted molar refractivity (Wildman–Crippen MR) is 103 cm³/mol. The number of urea groups is 1. The molecule has 6 nitrogen and oxygen atoms in total. The summed E-state index contributed by atoms with van der Waals surface area (Å²) in [4.78, 5) is 24.2. The molecule has 0 bridgehead atoms. The lowest BCUT2D eigenvalue weighted by molar-refractivity contribution is -0.129. The first-order valence-electron chi connectivity index (χ1n) is 8.57. The van der Waals surface area contributed by atoms with Gasteiger partial charge in [0.15, 0.2) is 0 Å². The molecule has 0 saturated heterocycles. The number of hydrazone groups is 1. The lowest BCUT2D eigenvalue weighted by Gasteiger charge is -2.28. The Morgan fingerprint density at radius 2 is 1.93 bits per heavy atom. The Kier molecular flexibility index (Phi) is 4.94. The number of amides is 3. The second-order valence-corrected chi connectivity index (χ2v) is 7.15. The van der Waals surface area contributed by atoms with Crippen LogP contribution < -0.4 is 16.1 Å². The third-order valence-electron chi connectivity index (χ3n) is 4.43. The van der Waals surface area contributed by atoms with Gasteiger partial charge in [0.25, 0.3) is 0 Å². The van der Waals surface area contributed by atoms with Crippen LogP contribution in [0.5, 0.6) is 0 Å². The largest absolute Gasteiger partial charge is 0.323 e. The molecule has 140 valence electrons. The minimum atomic E-state index is -0.591. The van der Waals surface area contributed by atoms with Crippen LogP contribution >= 0.6 is 0 Å². The van der Waals surface area contributed by atoms with E-state index in [-0.39, 0.29) is 11.7 Å². The Balaban J connectivity index is 1.79. The quantitative estimate of drug-likeness (QED) is 0.764. The number of nitrogens with one attached hydrogen (secondary N) is 3. The van der Waals surface area contributed by atoms with E-state index >= 15 is 0 Å². The van der Waals surface area contributed by atoms with E-state index in [9.17, 15) is 14.0 Å². The van der Waals surface area contributed by atoms with Crippen molar-refractivity contribution in [1.29, 1.82) is 0 Å². The topological polar surface area (TPSA) is 82.6 Å². The number of rotatable bonds is 3. The van der Waals surface area contributed by atoms with E-state index in [0.717, 1.165) is 5.56 Å². The SMILES string of the molecule is Cc1ccc(NC(=O)Nc2ccccc2C2=NNC(=O)C(C)(C)C2)cc1F. The minimum Gasteiger partial charge on any atom is -0.308 e. The highest BCUT2D eigenvalue weighted by Crippen LogP contribution is 2.29. The van der Waals surface area contributed by atoms with E-state index in [0.29, 0.717) is 29.1 Å². The number of carbonyl (C=O) groups excluding carboxylic acids is 2. The maximum absolute atomic E-state index is 13.6. The van der Waals surface area contributed by atoms with Crippen molar-refractivity contribution in [2.45, 2.75) is 27.2 Å². The van der Waals surface area contributed by atoms with E-state index in [1.807, 2.05) is 26.0 Å². The number of nitrogens with zero attached hydrogens (tertiary/aromatic N) is 1. The molecule has 2 aromatic carbocycles. The average Bonchev–Trinajstić information content (AvgIpc) is 2.61. The fourth-order valence-corrected chi connectivity index (χ4v) is 2.76. The van der Waals surface area contributed by atoms with E-state index in [4.69, 9.17) is 0 Å². The average molecular weight is 368 g/mol. The molecule has 3 rings (SSSR count). The van der Waals surface area contributed by atoms with Crippen LogP contribution in [0.25, 0.3) is 0 Å². The molecule has 27 heavy (non-hydrogen) atoms. The van der Waals surface area contributed by atoms with Gasteiger partial charge in [-0.1, -0.05) is 38.1 Å². The lowest BCUT2D eigenvalue weighted by Crippen LogP contribution is -2.41. The molecular formula is C20H21FN4O2. The first-order valence-corrected chi connectivity index (χ1v) is 8.57. The van der Waals surface area contributed by atoms with Gasteiger partial charge in [0.1, 0.15) is 5.82 Å². The summed E-state index contributed by atoms with van der Waals surface area (Å²) in [5.41, 5.74) is 4.75. The maximum atomic E-state index is 13.6. The van der Waals surface area contributed by atoms with Crippen molar-refractivity contribution in [2.24, 2.45) is 10.5 Å². The number of aryl methyl sites for hydroxylation is 1. The number of anilines is 2. The zero-order valence-corrected chi connectivity index (χ0v) is 15.4. The summed E-state index contributed by atoms with van der Waals surface area (Å²) in [6.45, 7) is 5.33. The third kappa shape index (κ3) is 4.13. The first-order chi connectivity index (χ1) is 12.8. The number of para-hydroxylation sites is 1. The van der Waals surface area contributed by atoms with Gasteiger partial charge in [-0.2, -0.15) is 5.10 Å². The van der Waals surface area contributed by atoms with Gasteiger partial charge in [-0.05, 0) is 30.7 Å². The zero-order chi connectivity index (χ0) is 19.6. The smallest absolute Gasteiger partial charge is 0.308 e. The Labute approximate surface area is 156 Å². The normalized spacial score (nSPS) is 15.6. The van der Waals surface area contributed by atoms with Crippen molar-refractivity contribution in [2.75, 3.05) is 10.6 Å². The molecule has 0 saturated carbocycles. The van der Waals surface area contributed by atoms with Crippen LogP contribution in [0, 0.1) is 18.2 Å². The summed E-state index contributed by atoms with van der Waals surface area (Å²) >= 11 is 0. The fraction of sp³-hybridized carbons (Fsp3) is 0.250. The van der Waals surface area contributed by atoms with E-state index < -0.39 is 11.4 Å². The third-order valence-corrected chi connectivity index (χ3v) is 4.43. The van der Waals surface area contributed by atoms with Crippen molar-refractivity contribution in [1.82, 2.24) is 5.43 Å². The van der Waals surface area contributed by atoms with Gasteiger partial charge in [-0.3, -0.25) is 4.79 Å². The van der Waals surface area contributed by atoms with E-state index in [1.165, 1.54) is 6.07 Å². The van der Waals surface area contributed by atoms with Gasteiger partial charge in [-0.15, -0.1) is 0 Å². The number of hydrogen-bond acceptors (Lipinski definition) is 3. The van der Waals surface area contributed by atoms with Crippen molar-refractivity contribution in [3.63, 3.8) is 0 Å². The number of halogens is 1. The second kappa shape index (κ2) is 7.19. The molecule has 0 unspecified atom stereocenters. The van der Waals surface area contributed by atoms with Gasteiger partial charge in [-0.25, -0.2) is 14.6 Å². The minimum absolute atomic E-state index is 0.143. The molecule has 1 aliphatic rings. The van der Waals surface area contributed by atoms with Crippen LogP contribution in [0.3, 0.4) is 0 Å². The Morgan fingerprint density at radius 1 is 1.19 bits per heavy atom. The molecule has 3 N–H and O–H groups in total. The molecule has 0 radical (unpaired) electrons. The number of carbonyl (C=O) groups is 2. The highest BCUT2D eigenvalue weighted by molar-refractivity contribution is 6.11. The van der Waals surface area contributed by atoms with Crippen LogP contribution in [0.2, 0.25) is 0 Å². The monoisotopic (exact) mass is 368 g/mol. The molecule has 1 heterocycles. The fourth-order valence-electron chi connectivity index (χ4n) is 2.76. The highest BCUT2D eigenvalue weighted by Gasteiger charge is 2.33. The summed E-state index contributed by atoms with van der Waals surface area (Å²) in [7, 11) is 0. The van der Waals surface area contributed by atoms with E-state index in [1.54, 1.807) is 31.2 Å². The van der Waals surface area contributed by atoms with Crippen LogP contribution in [0.15, 0.2) is 47.6 Å². The number of hydrogen-bond donors (Lipinski definition) is 3. The van der Waals surface area contributed by atoms with Crippen LogP contribution in [0.4, 0.5) is 20.6 Å². The summed E-state index contributed by atoms with van der Waals surface area (Å²) < 4.78 is 13.6. The van der Waals surface area contributed by atoms with Gasteiger partial charge in [0.2, 0.25) is 5.91 Å². The molecule has 7 heteroatoms. The summed E-state index contributed by atoms with van der Waals surface area (Å²) in [5, 5.41) is 9.52. The van der Waals surface area contributed by atoms with Crippen molar-refractivity contribution in [3.8, 4) is 0 Å². The number of benzene rings is 2. The summed E-state index contributed by atoms with van der Waals surface area (Å²) in [5.74, 6) is -0.529. The predicted octanol–water partition coefficient (Wildman–Crippen LogP) is 4.03. The maximum Gasteiger partial charge on any atom is 0.323 e. The van der Waals surface area contributed by atoms with Crippen LogP contribution in [0.1, 0.15) is 31.4 Å². The van der Waals surface area contributed by atoms with Crippen molar-refractivity contribution >= 4 is 29.0 Å². The van der Waals surface area contributed by atoms with Gasteiger partial charge >= 0.3 is 6.03 Å². The van der Waals surface area contributed by atoms with Gasteiger partial charge in [0.05, 0.1) is 16.8 Å². The van der Waals surface area contributed by atoms with Crippen LogP contribution in [-0.2, 0) is 4.79 Å². The van der Waals surface area contributed by atoms with Gasteiger partial charge in [0, 0.05) is 17.7 Å². The zero-order valence-electron chi connectivity index (χ0n) is 15.4.